The summed E-state index contributed by atoms with van der Waals surface area (Å²) in [6.07, 6.45) is 7.00. The fourth-order valence-corrected chi connectivity index (χ4v) is 5.47. The minimum absolute atomic E-state index is 0.00355. The number of rotatable bonds is 9. The summed E-state index contributed by atoms with van der Waals surface area (Å²) in [7, 11) is 0. The average Bonchev–Trinajstić information content (AvgIpc) is 3.91. The van der Waals surface area contributed by atoms with E-state index in [9.17, 15) is 9.59 Å². The van der Waals surface area contributed by atoms with E-state index < -0.39 is 17.1 Å². The molecule has 2 heterocycles. The third-order valence-corrected chi connectivity index (χ3v) is 8.32. The molecule has 0 unspecified atom stereocenters. The Morgan fingerprint density at radius 2 is 1.67 bits per heavy atom. The largest absolute Gasteiger partial charge is 0.491 e. The molecule has 2 saturated carbocycles. The van der Waals surface area contributed by atoms with Crippen molar-refractivity contribution in [2.24, 2.45) is 5.41 Å². The van der Waals surface area contributed by atoms with Crippen molar-refractivity contribution in [3.8, 4) is 17.2 Å². The zero-order chi connectivity index (χ0) is 28.7. The maximum atomic E-state index is 15.1. The molecule has 2 aliphatic carbocycles. The van der Waals surface area contributed by atoms with Crippen molar-refractivity contribution in [2.45, 2.75) is 50.2 Å². The van der Waals surface area contributed by atoms with Crippen molar-refractivity contribution in [1.82, 2.24) is 4.98 Å². The standard InChI is InChI=1S/C33H30FN3O5/c34-26-18-22(37-31(39)33(15-16-33)30(38)36-21-4-2-1-3-5-21)6-9-29(26)41-28-11-17-35-27-19-23(7-8-25(27)28)40-20-24-10-12-32(42-24)13-14-32/h1-9,11,17-19,24H,10,12-16,20H2,(H,36,38)(H,37,39)/t24-/m1/s1. The van der Waals surface area contributed by atoms with E-state index in [4.69, 9.17) is 14.2 Å². The maximum Gasteiger partial charge on any atom is 0.240 e. The summed E-state index contributed by atoms with van der Waals surface area (Å²) in [5, 5.41) is 6.19. The van der Waals surface area contributed by atoms with Gasteiger partial charge < -0.3 is 24.8 Å². The van der Waals surface area contributed by atoms with E-state index >= 15 is 4.39 Å². The van der Waals surface area contributed by atoms with Gasteiger partial charge in [0.25, 0.3) is 0 Å². The molecule has 0 bridgehead atoms. The Kier molecular flexibility index (Phi) is 6.54. The summed E-state index contributed by atoms with van der Waals surface area (Å²) in [5.41, 5.74) is 0.478. The molecule has 0 radical (unpaired) electrons. The van der Waals surface area contributed by atoms with Crippen molar-refractivity contribution >= 4 is 34.1 Å². The monoisotopic (exact) mass is 567 g/mol. The first kappa shape index (κ1) is 26.4. The van der Waals surface area contributed by atoms with Crippen LogP contribution in [0.3, 0.4) is 0 Å². The zero-order valence-corrected chi connectivity index (χ0v) is 22.9. The first-order valence-corrected chi connectivity index (χ1v) is 14.3. The number of para-hydroxylation sites is 1. The Labute approximate surface area is 242 Å². The molecule has 1 atom stereocenters. The van der Waals surface area contributed by atoms with Crippen LogP contribution in [0.25, 0.3) is 10.9 Å². The second-order valence-corrected chi connectivity index (χ2v) is 11.4. The molecule has 2 N–H and O–H groups in total. The van der Waals surface area contributed by atoms with E-state index in [1.54, 1.807) is 42.6 Å². The summed E-state index contributed by atoms with van der Waals surface area (Å²) >= 11 is 0. The lowest BCUT2D eigenvalue weighted by molar-refractivity contribution is -0.131. The summed E-state index contributed by atoms with van der Waals surface area (Å²) in [4.78, 5) is 30.2. The number of carbonyl (C=O) groups excluding carboxylic acids is 2. The third kappa shape index (κ3) is 5.27. The van der Waals surface area contributed by atoms with E-state index in [1.165, 1.54) is 12.1 Å². The molecule has 9 heteroatoms. The summed E-state index contributed by atoms with van der Waals surface area (Å²) in [6, 6.07) is 20.3. The minimum atomic E-state index is -1.16. The molecule has 2 amide bonds. The zero-order valence-electron chi connectivity index (χ0n) is 22.9. The fourth-order valence-electron chi connectivity index (χ4n) is 5.47. The van der Waals surface area contributed by atoms with Gasteiger partial charge in [0, 0.05) is 35.1 Å². The van der Waals surface area contributed by atoms with Gasteiger partial charge in [-0.05, 0) is 81.0 Å². The van der Waals surface area contributed by atoms with Gasteiger partial charge in [-0.2, -0.15) is 0 Å². The van der Waals surface area contributed by atoms with Crippen LogP contribution in [-0.4, -0.2) is 35.1 Å². The van der Waals surface area contributed by atoms with Crippen LogP contribution in [0.2, 0.25) is 0 Å². The quantitative estimate of drug-likeness (QED) is 0.221. The summed E-state index contributed by atoms with van der Waals surface area (Å²) in [5.74, 6) is -0.370. The molecular weight excluding hydrogens is 537 g/mol. The first-order chi connectivity index (χ1) is 20.4. The molecule has 214 valence electrons. The number of amides is 2. The van der Waals surface area contributed by atoms with E-state index in [0.29, 0.717) is 47.5 Å². The van der Waals surface area contributed by atoms with Crippen molar-refractivity contribution < 1.29 is 28.2 Å². The molecule has 42 heavy (non-hydrogen) atoms. The SMILES string of the molecule is O=C(Nc1ccccc1)C1(C(=O)Nc2ccc(Oc3ccnc4cc(OC[C@H]5CCC6(CC6)O5)ccc34)c(F)c2)CC1. The van der Waals surface area contributed by atoms with Gasteiger partial charge in [-0.25, -0.2) is 4.39 Å². The number of anilines is 2. The molecule has 7 rings (SSSR count). The van der Waals surface area contributed by atoms with Gasteiger partial charge in [-0.15, -0.1) is 0 Å². The van der Waals surface area contributed by atoms with Gasteiger partial charge in [0.2, 0.25) is 11.8 Å². The Balaban J connectivity index is 0.998. The molecule has 1 aromatic heterocycles. The number of nitrogens with zero attached hydrogens (tertiary/aromatic N) is 1. The fraction of sp³-hybridized carbons (Fsp3) is 0.303. The van der Waals surface area contributed by atoms with Gasteiger partial charge in [0.1, 0.15) is 23.5 Å². The van der Waals surface area contributed by atoms with E-state index in [-0.39, 0.29) is 29.0 Å². The van der Waals surface area contributed by atoms with Gasteiger partial charge in [-0.3, -0.25) is 14.6 Å². The molecule has 1 saturated heterocycles. The summed E-state index contributed by atoms with van der Waals surface area (Å²) in [6.45, 7) is 0.496. The predicted molar refractivity (Wildman–Crippen MR) is 155 cm³/mol. The van der Waals surface area contributed by atoms with E-state index in [2.05, 4.69) is 15.6 Å². The highest BCUT2D eigenvalue weighted by molar-refractivity contribution is 6.16. The number of ether oxygens (including phenoxy) is 3. The smallest absolute Gasteiger partial charge is 0.240 e. The van der Waals surface area contributed by atoms with Crippen LogP contribution < -0.4 is 20.1 Å². The number of hydrogen-bond acceptors (Lipinski definition) is 6. The topological polar surface area (TPSA) is 98.8 Å². The van der Waals surface area contributed by atoms with Gasteiger partial charge >= 0.3 is 0 Å². The highest BCUT2D eigenvalue weighted by atomic mass is 19.1. The van der Waals surface area contributed by atoms with Crippen molar-refractivity contribution in [3.05, 3.63) is 84.8 Å². The molecule has 8 nitrogen and oxygen atoms in total. The van der Waals surface area contributed by atoms with E-state index in [0.717, 1.165) is 25.7 Å². The van der Waals surface area contributed by atoms with Crippen molar-refractivity contribution in [2.75, 3.05) is 17.2 Å². The van der Waals surface area contributed by atoms with Crippen LogP contribution in [0.15, 0.2) is 79.0 Å². The number of hydrogen-bond donors (Lipinski definition) is 2. The second kappa shape index (κ2) is 10.4. The normalized spacial score (nSPS) is 19.3. The lowest BCUT2D eigenvalue weighted by Crippen LogP contribution is -2.35. The number of halogens is 1. The van der Waals surface area contributed by atoms with Crippen LogP contribution in [0.1, 0.15) is 38.5 Å². The molecular formula is C33H30FN3O5. The lowest BCUT2D eigenvalue weighted by atomic mass is 10.0. The van der Waals surface area contributed by atoms with E-state index in [1.807, 2.05) is 24.3 Å². The van der Waals surface area contributed by atoms with Gasteiger partial charge in [0.05, 0.1) is 17.2 Å². The first-order valence-electron chi connectivity index (χ1n) is 14.3. The van der Waals surface area contributed by atoms with Crippen LogP contribution in [0, 0.1) is 11.2 Å². The highest BCUT2D eigenvalue weighted by Crippen LogP contribution is 2.50. The number of pyridine rings is 1. The second-order valence-electron chi connectivity index (χ2n) is 11.4. The van der Waals surface area contributed by atoms with Crippen LogP contribution >= 0.6 is 0 Å². The molecule has 4 aromatic rings. The van der Waals surface area contributed by atoms with Crippen molar-refractivity contribution in [1.29, 1.82) is 0 Å². The van der Waals surface area contributed by atoms with Crippen molar-refractivity contribution in [3.63, 3.8) is 0 Å². The Hall–Kier alpha value is -4.50. The Bertz CT molecular complexity index is 1670. The molecule has 1 spiro atoms. The molecule has 3 aromatic carbocycles. The predicted octanol–water partition coefficient (Wildman–Crippen LogP) is 6.61. The Morgan fingerprint density at radius 1 is 0.881 bits per heavy atom. The van der Waals surface area contributed by atoms with Gasteiger partial charge in [0.15, 0.2) is 11.6 Å². The number of carbonyl (C=O) groups is 2. The number of fused-ring (bicyclic) bond motifs is 1. The maximum absolute atomic E-state index is 15.1. The number of nitrogens with one attached hydrogen (secondary N) is 2. The third-order valence-electron chi connectivity index (χ3n) is 8.32. The molecule has 3 fully saturated rings. The molecule has 3 aliphatic rings. The molecule has 1 aliphatic heterocycles. The minimum Gasteiger partial charge on any atom is -0.491 e. The highest BCUT2D eigenvalue weighted by Gasteiger charge is 2.56. The Morgan fingerprint density at radius 3 is 2.38 bits per heavy atom. The van der Waals surface area contributed by atoms with Crippen LogP contribution in [0.5, 0.6) is 17.2 Å². The number of aromatic nitrogens is 1. The van der Waals surface area contributed by atoms with Gasteiger partial charge in [-0.1, -0.05) is 18.2 Å². The number of benzene rings is 3. The average molecular weight is 568 g/mol. The van der Waals surface area contributed by atoms with Crippen LogP contribution in [-0.2, 0) is 14.3 Å². The van der Waals surface area contributed by atoms with Crippen LogP contribution in [0.4, 0.5) is 15.8 Å². The lowest BCUT2D eigenvalue weighted by Gasteiger charge is -2.16. The summed E-state index contributed by atoms with van der Waals surface area (Å²) < 4.78 is 33.1.